The van der Waals surface area contributed by atoms with Gasteiger partial charge in [0.2, 0.25) is 10.0 Å². The zero-order valence-corrected chi connectivity index (χ0v) is 12.3. The molecule has 20 heavy (non-hydrogen) atoms. The van der Waals surface area contributed by atoms with Gasteiger partial charge in [0.05, 0.1) is 4.90 Å². The van der Waals surface area contributed by atoms with Crippen LogP contribution in [0.3, 0.4) is 0 Å². The van der Waals surface area contributed by atoms with E-state index < -0.39 is 16.1 Å². The molecule has 1 atom stereocenters. The van der Waals surface area contributed by atoms with E-state index in [-0.39, 0.29) is 10.8 Å². The second-order valence-corrected chi connectivity index (χ2v) is 6.95. The Hall–Kier alpha value is -1.44. The monoisotopic (exact) mass is 298 g/mol. The summed E-state index contributed by atoms with van der Waals surface area (Å²) in [6.45, 7) is 0.609. The molecule has 2 rings (SSSR count). The Balaban J connectivity index is 2.07. The van der Waals surface area contributed by atoms with E-state index in [1.807, 2.05) is 0 Å². The SMILES string of the molecule is CN(C)S(=O)(=O)c1ccc(NC(=O)[C@@H]2CCCO2)cc1. The normalized spacial score (nSPS) is 19.2. The summed E-state index contributed by atoms with van der Waals surface area (Å²) >= 11 is 0. The number of hydrogen-bond acceptors (Lipinski definition) is 4. The van der Waals surface area contributed by atoms with Crippen LogP contribution in [0.5, 0.6) is 0 Å². The molecule has 1 heterocycles. The van der Waals surface area contributed by atoms with Crippen LogP contribution in [0, 0.1) is 0 Å². The summed E-state index contributed by atoms with van der Waals surface area (Å²) in [6.07, 6.45) is 1.21. The molecule has 0 bridgehead atoms. The molecule has 7 heteroatoms. The Morgan fingerprint density at radius 3 is 2.45 bits per heavy atom. The summed E-state index contributed by atoms with van der Waals surface area (Å²) in [7, 11) is -0.493. The van der Waals surface area contributed by atoms with Crippen molar-refractivity contribution in [3.63, 3.8) is 0 Å². The number of anilines is 1. The van der Waals surface area contributed by atoms with Gasteiger partial charge in [-0.3, -0.25) is 4.79 Å². The van der Waals surface area contributed by atoms with Gasteiger partial charge in [-0.15, -0.1) is 0 Å². The molecule has 1 fully saturated rings. The fourth-order valence-corrected chi connectivity index (χ4v) is 2.83. The first-order chi connectivity index (χ1) is 9.41. The topological polar surface area (TPSA) is 75.7 Å². The van der Waals surface area contributed by atoms with Crippen LogP contribution in [0.25, 0.3) is 0 Å². The molecule has 0 aliphatic carbocycles. The van der Waals surface area contributed by atoms with Gasteiger partial charge in [-0.2, -0.15) is 0 Å². The number of carbonyl (C=O) groups excluding carboxylic acids is 1. The molecule has 1 amide bonds. The first-order valence-corrected chi connectivity index (χ1v) is 7.80. The predicted octanol–water partition coefficient (Wildman–Crippen LogP) is 1.05. The lowest BCUT2D eigenvalue weighted by Gasteiger charge is -2.13. The lowest BCUT2D eigenvalue weighted by atomic mass is 10.2. The van der Waals surface area contributed by atoms with Crippen LogP contribution in [0.2, 0.25) is 0 Å². The molecule has 1 N–H and O–H groups in total. The van der Waals surface area contributed by atoms with Gasteiger partial charge >= 0.3 is 0 Å². The van der Waals surface area contributed by atoms with E-state index in [4.69, 9.17) is 4.74 Å². The largest absolute Gasteiger partial charge is 0.368 e. The molecule has 0 unspecified atom stereocenters. The number of sulfonamides is 1. The maximum Gasteiger partial charge on any atom is 0.253 e. The molecule has 1 aliphatic rings. The van der Waals surface area contributed by atoms with E-state index >= 15 is 0 Å². The van der Waals surface area contributed by atoms with E-state index in [1.54, 1.807) is 12.1 Å². The second-order valence-electron chi connectivity index (χ2n) is 4.80. The van der Waals surface area contributed by atoms with Crippen LogP contribution in [-0.4, -0.2) is 45.4 Å². The Morgan fingerprint density at radius 1 is 1.30 bits per heavy atom. The molecular formula is C13H18N2O4S. The zero-order valence-electron chi connectivity index (χ0n) is 11.5. The van der Waals surface area contributed by atoms with Crippen molar-refractivity contribution in [2.24, 2.45) is 0 Å². The fourth-order valence-electron chi connectivity index (χ4n) is 1.93. The number of rotatable bonds is 4. The van der Waals surface area contributed by atoms with Gasteiger partial charge in [0, 0.05) is 26.4 Å². The van der Waals surface area contributed by atoms with Crippen molar-refractivity contribution in [1.29, 1.82) is 0 Å². The molecule has 1 aromatic carbocycles. The molecule has 0 aromatic heterocycles. The Morgan fingerprint density at radius 2 is 1.95 bits per heavy atom. The third-order valence-corrected chi connectivity index (χ3v) is 4.95. The summed E-state index contributed by atoms with van der Waals surface area (Å²) in [6, 6.07) is 6.09. The van der Waals surface area contributed by atoms with Gasteiger partial charge in [-0.1, -0.05) is 0 Å². The summed E-state index contributed by atoms with van der Waals surface area (Å²) in [5, 5.41) is 2.72. The first kappa shape index (κ1) is 15.0. The lowest BCUT2D eigenvalue weighted by molar-refractivity contribution is -0.124. The van der Waals surface area contributed by atoms with Gasteiger partial charge in [0.1, 0.15) is 6.10 Å². The zero-order chi connectivity index (χ0) is 14.8. The van der Waals surface area contributed by atoms with Crippen molar-refractivity contribution < 1.29 is 17.9 Å². The highest BCUT2D eigenvalue weighted by molar-refractivity contribution is 7.89. The van der Waals surface area contributed by atoms with Gasteiger partial charge in [-0.05, 0) is 37.1 Å². The average molecular weight is 298 g/mol. The third kappa shape index (κ3) is 3.17. The van der Waals surface area contributed by atoms with Crippen molar-refractivity contribution in [2.75, 3.05) is 26.0 Å². The minimum Gasteiger partial charge on any atom is -0.368 e. The van der Waals surface area contributed by atoms with E-state index in [1.165, 1.54) is 26.2 Å². The number of ether oxygens (including phenoxy) is 1. The van der Waals surface area contributed by atoms with Crippen LogP contribution in [0.15, 0.2) is 29.2 Å². The number of amides is 1. The molecular weight excluding hydrogens is 280 g/mol. The van der Waals surface area contributed by atoms with Crippen LogP contribution >= 0.6 is 0 Å². The van der Waals surface area contributed by atoms with Gasteiger partial charge in [0.15, 0.2) is 0 Å². The van der Waals surface area contributed by atoms with E-state index in [0.717, 1.165) is 17.1 Å². The third-order valence-electron chi connectivity index (χ3n) is 3.12. The smallest absolute Gasteiger partial charge is 0.253 e. The quantitative estimate of drug-likeness (QED) is 0.901. The van der Waals surface area contributed by atoms with Crippen LogP contribution < -0.4 is 5.32 Å². The van der Waals surface area contributed by atoms with Crippen molar-refractivity contribution in [3.8, 4) is 0 Å². The summed E-state index contributed by atoms with van der Waals surface area (Å²) in [5.74, 6) is -0.189. The molecule has 1 aliphatic heterocycles. The molecule has 1 saturated heterocycles. The highest BCUT2D eigenvalue weighted by atomic mass is 32.2. The summed E-state index contributed by atoms with van der Waals surface area (Å²) in [5.41, 5.74) is 0.559. The van der Waals surface area contributed by atoms with Crippen molar-refractivity contribution in [3.05, 3.63) is 24.3 Å². The summed E-state index contributed by atoms with van der Waals surface area (Å²) in [4.78, 5) is 12.0. The standard InChI is InChI=1S/C13H18N2O4S/c1-15(2)20(17,18)11-7-5-10(6-8-11)14-13(16)12-4-3-9-19-12/h5-8,12H,3-4,9H2,1-2H3,(H,14,16)/t12-/m0/s1. The molecule has 0 radical (unpaired) electrons. The second kappa shape index (κ2) is 5.90. The van der Waals surface area contributed by atoms with Crippen molar-refractivity contribution in [2.45, 2.75) is 23.8 Å². The average Bonchev–Trinajstić information content (AvgIpc) is 2.93. The predicted molar refractivity (Wildman–Crippen MR) is 74.9 cm³/mol. The minimum atomic E-state index is -3.44. The van der Waals surface area contributed by atoms with Crippen LogP contribution in [0.1, 0.15) is 12.8 Å². The fraction of sp³-hybridized carbons (Fsp3) is 0.462. The number of hydrogen-bond donors (Lipinski definition) is 1. The number of benzene rings is 1. The number of carbonyl (C=O) groups is 1. The Bertz CT molecular complexity index is 575. The van der Waals surface area contributed by atoms with Crippen LogP contribution in [-0.2, 0) is 19.6 Å². The molecule has 6 nitrogen and oxygen atoms in total. The molecule has 110 valence electrons. The number of nitrogens with zero attached hydrogens (tertiary/aromatic N) is 1. The Labute approximate surface area is 118 Å². The van der Waals surface area contributed by atoms with Crippen LogP contribution in [0.4, 0.5) is 5.69 Å². The molecule has 1 aromatic rings. The van der Waals surface area contributed by atoms with Crippen molar-refractivity contribution >= 4 is 21.6 Å². The van der Waals surface area contributed by atoms with Gasteiger partial charge < -0.3 is 10.1 Å². The van der Waals surface area contributed by atoms with E-state index in [9.17, 15) is 13.2 Å². The first-order valence-electron chi connectivity index (χ1n) is 6.36. The van der Waals surface area contributed by atoms with Crippen molar-refractivity contribution in [1.82, 2.24) is 4.31 Å². The highest BCUT2D eigenvalue weighted by Gasteiger charge is 2.23. The molecule has 0 spiro atoms. The summed E-state index contributed by atoms with van der Waals surface area (Å²) < 4.78 is 30.2. The van der Waals surface area contributed by atoms with Gasteiger partial charge in [-0.25, -0.2) is 12.7 Å². The van der Waals surface area contributed by atoms with Gasteiger partial charge in [0.25, 0.3) is 5.91 Å². The van der Waals surface area contributed by atoms with E-state index in [0.29, 0.717) is 12.3 Å². The minimum absolute atomic E-state index is 0.189. The Kier molecular flexibility index (Phi) is 4.42. The lowest BCUT2D eigenvalue weighted by Crippen LogP contribution is -2.27. The molecule has 0 saturated carbocycles. The highest BCUT2D eigenvalue weighted by Crippen LogP contribution is 2.18. The number of nitrogens with one attached hydrogen (secondary N) is 1. The van der Waals surface area contributed by atoms with E-state index in [2.05, 4.69) is 5.32 Å². The maximum atomic E-state index is 11.9. The maximum absolute atomic E-state index is 11.9.